The smallest absolute Gasteiger partial charge is 0.225 e. The van der Waals surface area contributed by atoms with Gasteiger partial charge in [-0.3, -0.25) is 4.90 Å². The van der Waals surface area contributed by atoms with E-state index >= 15 is 0 Å². The minimum atomic E-state index is 0.620. The normalized spacial score (nSPS) is 15.2. The molecule has 0 saturated carbocycles. The molecular weight excluding hydrogens is 332 g/mol. The van der Waals surface area contributed by atoms with Gasteiger partial charge in [-0.05, 0) is 38.0 Å². The fraction of sp³-hybridized carbons (Fsp3) is 0.444. The van der Waals surface area contributed by atoms with Crippen LogP contribution in [0.25, 0.3) is 0 Å². The van der Waals surface area contributed by atoms with Crippen LogP contribution in [0.1, 0.15) is 22.4 Å². The molecule has 0 spiro atoms. The van der Waals surface area contributed by atoms with Crippen LogP contribution in [0, 0.1) is 36.7 Å². The molecule has 1 fully saturated rings. The molecular formula is C18H22N6S. The molecule has 6 nitrogen and oxygen atoms in total. The maximum Gasteiger partial charge on any atom is 0.225 e. The van der Waals surface area contributed by atoms with E-state index in [1.165, 1.54) is 0 Å². The SMILES string of the molecule is Cc1c(C)c(C)n(CN2CCN(c3ncccn3)CC2)c(=S)c1C#N. The summed E-state index contributed by atoms with van der Waals surface area (Å²) in [5.41, 5.74) is 3.89. The Morgan fingerprint density at radius 3 is 2.32 bits per heavy atom. The molecule has 1 saturated heterocycles. The van der Waals surface area contributed by atoms with E-state index in [1.54, 1.807) is 12.4 Å². The molecule has 0 unspecified atom stereocenters. The van der Waals surface area contributed by atoms with Gasteiger partial charge in [-0.25, -0.2) is 9.97 Å². The molecule has 0 radical (unpaired) electrons. The molecule has 0 atom stereocenters. The molecule has 1 aliphatic heterocycles. The molecule has 0 N–H and O–H groups in total. The Labute approximate surface area is 153 Å². The lowest BCUT2D eigenvalue weighted by molar-refractivity contribution is 0.202. The van der Waals surface area contributed by atoms with Crippen LogP contribution >= 0.6 is 12.2 Å². The number of hydrogen-bond donors (Lipinski definition) is 0. The number of piperazine rings is 1. The first-order valence-corrected chi connectivity index (χ1v) is 8.78. The summed E-state index contributed by atoms with van der Waals surface area (Å²) in [5.74, 6) is 0.785. The van der Waals surface area contributed by atoms with Crippen LogP contribution in [0.15, 0.2) is 18.5 Å². The van der Waals surface area contributed by atoms with Crippen LogP contribution < -0.4 is 4.90 Å². The summed E-state index contributed by atoms with van der Waals surface area (Å²) in [6, 6.07) is 4.10. The molecule has 3 rings (SSSR count). The largest absolute Gasteiger partial charge is 0.338 e. The average molecular weight is 354 g/mol. The fourth-order valence-electron chi connectivity index (χ4n) is 3.15. The lowest BCUT2D eigenvalue weighted by Crippen LogP contribution is -2.47. The van der Waals surface area contributed by atoms with Gasteiger partial charge >= 0.3 is 0 Å². The van der Waals surface area contributed by atoms with Crippen molar-refractivity contribution in [1.29, 1.82) is 5.26 Å². The topological polar surface area (TPSA) is 61.0 Å². The molecule has 3 heterocycles. The van der Waals surface area contributed by atoms with Gasteiger partial charge in [0.1, 0.15) is 10.7 Å². The Bertz CT molecular complexity index is 860. The minimum absolute atomic E-state index is 0.620. The number of nitrogens with zero attached hydrogens (tertiary/aromatic N) is 6. The van der Waals surface area contributed by atoms with Crippen molar-refractivity contribution in [2.24, 2.45) is 0 Å². The number of hydrogen-bond acceptors (Lipinski definition) is 6. The highest BCUT2D eigenvalue weighted by Gasteiger charge is 2.20. The third-order valence-electron chi connectivity index (χ3n) is 5.00. The number of pyridine rings is 1. The van der Waals surface area contributed by atoms with Crippen molar-refractivity contribution in [2.75, 3.05) is 31.1 Å². The first-order valence-electron chi connectivity index (χ1n) is 8.38. The molecule has 2 aromatic heterocycles. The molecule has 0 aliphatic carbocycles. The lowest BCUT2D eigenvalue weighted by Gasteiger charge is -2.35. The number of anilines is 1. The van der Waals surface area contributed by atoms with E-state index in [0.717, 1.165) is 48.9 Å². The molecule has 0 amide bonds. The molecule has 7 heteroatoms. The standard InChI is InChI=1S/C18H22N6S/c1-13-14(2)16(11-19)17(25)24(15(13)3)12-22-7-9-23(10-8-22)18-20-5-4-6-21-18/h4-6H,7-10,12H2,1-3H3. The molecule has 25 heavy (non-hydrogen) atoms. The van der Waals surface area contributed by atoms with Crippen molar-refractivity contribution < 1.29 is 0 Å². The van der Waals surface area contributed by atoms with Gasteiger partial charge in [0, 0.05) is 44.3 Å². The first-order chi connectivity index (χ1) is 12.0. The summed E-state index contributed by atoms with van der Waals surface area (Å²) in [6.45, 7) is 10.4. The third-order valence-corrected chi connectivity index (χ3v) is 5.43. The van der Waals surface area contributed by atoms with E-state index < -0.39 is 0 Å². The predicted octanol–water partition coefficient (Wildman–Crippen LogP) is 2.58. The summed E-state index contributed by atoms with van der Waals surface area (Å²) in [5, 5.41) is 9.44. The van der Waals surface area contributed by atoms with Crippen molar-refractivity contribution >= 4 is 18.2 Å². The zero-order valence-corrected chi connectivity index (χ0v) is 15.7. The quantitative estimate of drug-likeness (QED) is 0.790. The summed E-state index contributed by atoms with van der Waals surface area (Å²) in [4.78, 5) is 13.2. The second-order valence-electron chi connectivity index (χ2n) is 6.35. The van der Waals surface area contributed by atoms with Crippen LogP contribution in [0.3, 0.4) is 0 Å². The third kappa shape index (κ3) is 3.41. The second kappa shape index (κ2) is 7.30. The molecule has 2 aromatic rings. The lowest BCUT2D eigenvalue weighted by atomic mass is 10.0. The van der Waals surface area contributed by atoms with Crippen molar-refractivity contribution in [3.63, 3.8) is 0 Å². The van der Waals surface area contributed by atoms with Crippen LogP contribution in [-0.2, 0) is 6.67 Å². The van der Waals surface area contributed by atoms with Gasteiger partial charge in [-0.15, -0.1) is 0 Å². The van der Waals surface area contributed by atoms with Gasteiger partial charge in [0.15, 0.2) is 0 Å². The van der Waals surface area contributed by atoms with Gasteiger partial charge in [0.05, 0.1) is 12.2 Å². The molecule has 130 valence electrons. The van der Waals surface area contributed by atoms with Gasteiger partial charge in [0.2, 0.25) is 5.95 Å². The second-order valence-corrected chi connectivity index (χ2v) is 6.74. The molecule has 0 bridgehead atoms. The minimum Gasteiger partial charge on any atom is -0.338 e. The van der Waals surface area contributed by atoms with E-state index in [-0.39, 0.29) is 0 Å². The Hall–Kier alpha value is -2.30. The van der Waals surface area contributed by atoms with E-state index in [2.05, 4.69) is 44.3 Å². The van der Waals surface area contributed by atoms with Crippen LogP contribution in [-0.4, -0.2) is 45.6 Å². The van der Waals surface area contributed by atoms with E-state index in [4.69, 9.17) is 12.2 Å². The molecule has 0 aromatic carbocycles. The maximum absolute atomic E-state index is 9.44. The highest BCUT2D eigenvalue weighted by atomic mass is 32.1. The summed E-state index contributed by atoms with van der Waals surface area (Å²) >= 11 is 5.58. The van der Waals surface area contributed by atoms with Gasteiger partial charge in [-0.2, -0.15) is 5.26 Å². The number of nitriles is 1. The summed E-state index contributed by atoms with van der Waals surface area (Å²) < 4.78 is 2.72. The van der Waals surface area contributed by atoms with Crippen LogP contribution in [0.5, 0.6) is 0 Å². The van der Waals surface area contributed by atoms with Gasteiger partial charge in [0.25, 0.3) is 0 Å². The highest BCUT2D eigenvalue weighted by molar-refractivity contribution is 7.71. The predicted molar refractivity (Wildman–Crippen MR) is 100 cm³/mol. The van der Waals surface area contributed by atoms with Gasteiger partial charge in [-0.1, -0.05) is 12.2 Å². The van der Waals surface area contributed by atoms with Crippen molar-refractivity contribution in [1.82, 2.24) is 19.4 Å². The number of rotatable bonds is 3. The first kappa shape index (κ1) is 17.5. The Balaban J connectivity index is 1.76. The Morgan fingerprint density at radius 2 is 1.72 bits per heavy atom. The fourth-order valence-corrected chi connectivity index (χ4v) is 3.55. The summed E-state index contributed by atoms with van der Waals surface area (Å²) in [7, 11) is 0. The van der Waals surface area contributed by atoms with Gasteiger partial charge < -0.3 is 9.47 Å². The van der Waals surface area contributed by atoms with Crippen molar-refractivity contribution in [3.05, 3.63) is 45.5 Å². The monoisotopic (exact) mass is 354 g/mol. The van der Waals surface area contributed by atoms with Crippen molar-refractivity contribution in [3.8, 4) is 6.07 Å². The average Bonchev–Trinajstić information content (AvgIpc) is 2.65. The Kier molecular flexibility index (Phi) is 5.11. The number of aromatic nitrogens is 3. The van der Waals surface area contributed by atoms with Crippen LogP contribution in [0.4, 0.5) is 5.95 Å². The van der Waals surface area contributed by atoms with E-state index in [0.29, 0.717) is 16.9 Å². The van der Waals surface area contributed by atoms with Crippen molar-refractivity contribution in [2.45, 2.75) is 27.4 Å². The summed E-state index contributed by atoms with van der Waals surface area (Å²) in [6.07, 6.45) is 3.55. The Morgan fingerprint density at radius 1 is 1.08 bits per heavy atom. The zero-order chi connectivity index (χ0) is 18.0. The van der Waals surface area contributed by atoms with E-state index in [9.17, 15) is 5.26 Å². The molecule has 1 aliphatic rings. The highest BCUT2D eigenvalue weighted by Crippen LogP contribution is 2.20. The zero-order valence-electron chi connectivity index (χ0n) is 14.9. The van der Waals surface area contributed by atoms with E-state index in [1.807, 2.05) is 13.0 Å². The maximum atomic E-state index is 9.44. The van der Waals surface area contributed by atoms with Crippen LogP contribution in [0.2, 0.25) is 0 Å².